The number of phenolic OH excluding ortho intramolecular Hbond substituents is 1. The minimum atomic E-state index is 0.444. The summed E-state index contributed by atoms with van der Waals surface area (Å²) in [5.41, 5.74) is 5.44. The zero-order chi connectivity index (χ0) is 10.7. The van der Waals surface area contributed by atoms with Crippen molar-refractivity contribution in [3.63, 3.8) is 0 Å². The third kappa shape index (κ3) is 0.877. The first-order valence-corrected chi connectivity index (χ1v) is 5.92. The molecule has 0 spiro atoms. The largest absolute Gasteiger partial charge is 0.507 e. The maximum Gasteiger partial charge on any atom is 0.125 e. The summed E-state index contributed by atoms with van der Waals surface area (Å²) in [5.74, 6) is 0.444. The van der Waals surface area contributed by atoms with Crippen LogP contribution in [0.2, 0.25) is 0 Å². The summed E-state index contributed by atoms with van der Waals surface area (Å²) in [7, 11) is 0. The van der Waals surface area contributed by atoms with Crippen LogP contribution in [0.5, 0.6) is 5.75 Å². The van der Waals surface area contributed by atoms with Crippen LogP contribution in [0.1, 0.15) is 16.8 Å². The molecule has 0 fully saturated rings. The Morgan fingerprint density at radius 3 is 3.12 bits per heavy atom. The van der Waals surface area contributed by atoms with Crippen LogP contribution in [0.3, 0.4) is 0 Å². The lowest BCUT2D eigenvalue weighted by atomic mass is 10.0. The number of aromatic hydroxyl groups is 1. The van der Waals surface area contributed by atoms with Gasteiger partial charge in [-0.3, -0.25) is 0 Å². The lowest BCUT2D eigenvalue weighted by Gasteiger charge is -2.16. The SMILES string of the molecule is Oc1ccc2c3c1c1c(n3CC2)CCNC1. The highest BCUT2D eigenvalue weighted by atomic mass is 16.3. The number of phenols is 1. The van der Waals surface area contributed by atoms with Crippen molar-refractivity contribution >= 4 is 10.9 Å². The van der Waals surface area contributed by atoms with Crippen molar-refractivity contribution in [1.29, 1.82) is 0 Å². The van der Waals surface area contributed by atoms with E-state index < -0.39 is 0 Å². The van der Waals surface area contributed by atoms with Gasteiger partial charge in [-0.05, 0) is 23.6 Å². The molecule has 1 aromatic carbocycles. The molecule has 16 heavy (non-hydrogen) atoms. The second-order valence-corrected chi connectivity index (χ2v) is 4.72. The minimum absolute atomic E-state index is 0.444. The van der Waals surface area contributed by atoms with Crippen LogP contribution >= 0.6 is 0 Å². The second kappa shape index (κ2) is 2.80. The van der Waals surface area contributed by atoms with E-state index in [0.717, 1.165) is 37.9 Å². The number of aromatic nitrogens is 1. The van der Waals surface area contributed by atoms with Gasteiger partial charge in [-0.25, -0.2) is 0 Å². The molecule has 3 nitrogen and oxygen atoms in total. The Balaban J connectivity index is 2.21. The van der Waals surface area contributed by atoms with Gasteiger partial charge in [0.25, 0.3) is 0 Å². The Hall–Kier alpha value is -1.48. The summed E-state index contributed by atoms with van der Waals surface area (Å²) in [6, 6.07) is 3.92. The van der Waals surface area contributed by atoms with Crippen molar-refractivity contribution in [2.45, 2.75) is 25.9 Å². The van der Waals surface area contributed by atoms with Crippen LogP contribution < -0.4 is 5.32 Å². The highest BCUT2D eigenvalue weighted by Gasteiger charge is 2.26. The van der Waals surface area contributed by atoms with E-state index in [1.54, 1.807) is 0 Å². The van der Waals surface area contributed by atoms with E-state index in [0.29, 0.717) is 5.75 Å². The number of hydrogen-bond acceptors (Lipinski definition) is 2. The summed E-state index contributed by atoms with van der Waals surface area (Å²) in [6.45, 7) is 3.04. The molecule has 3 heterocycles. The van der Waals surface area contributed by atoms with Crippen LogP contribution in [0.4, 0.5) is 0 Å². The number of benzene rings is 1. The summed E-state index contributed by atoms with van der Waals surface area (Å²) in [5, 5.41) is 14.5. The third-order valence-electron chi connectivity index (χ3n) is 3.93. The Bertz CT molecular complexity index is 598. The van der Waals surface area contributed by atoms with Crippen LogP contribution in [0, 0.1) is 0 Å². The maximum atomic E-state index is 10.1. The van der Waals surface area contributed by atoms with Gasteiger partial charge in [-0.2, -0.15) is 0 Å². The Kier molecular flexibility index (Phi) is 1.51. The molecule has 2 aromatic rings. The fourth-order valence-electron chi connectivity index (χ4n) is 3.25. The molecule has 0 amide bonds. The summed E-state index contributed by atoms with van der Waals surface area (Å²) in [4.78, 5) is 0. The number of hydrogen-bond donors (Lipinski definition) is 2. The van der Waals surface area contributed by atoms with Gasteiger partial charge >= 0.3 is 0 Å². The molecule has 2 aliphatic heterocycles. The van der Waals surface area contributed by atoms with Crippen LogP contribution in [-0.2, 0) is 25.9 Å². The van der Waals surface area contributed by atoms with Crippen molar-refractivity contribution < 1.29 is 5.11 Å². The van der Waals surface area contributed by atoms with Crippen LogP contribution in [0.25, 0.3) is 10.9 Å². The van der Waals surface area contributed by atoms with E-state index in [1.807, 2.05) is 6.07 Å². The first-order valence-electron chi connectivity index (χ1n) is 5.92. The predicted molar refractivity (Wildman–Crippen MR) is 62.7 cm³/mol. The number of nitrogens with zero attached hydrogens (tertiary/aromatic N) is 1. The smallest absolute Gasteiger partial charge is 0.125 e. The Morgan fingerprint density at radius 2 is 2.19 bits per heavy atom. The zero-order valence-corrected chi connectivity index (χ0v) is 9.08. The van der Waals surface area contributed by atoms with E-state index >= 15 is 0 Å². The van der Waals surface area contributed by atoms with Gasteiger partial charge in [-0.1, -0.05) is 6.07 Å². The number of rotatable bonds is 0. The Morgan fingerprint density at radius 1 is 1.25 bits per heavy atom. The average molecular weight is 214 g/mol. The molecular formula is C13H14N2O. The van der Waals surface area contributed by atoms with E-state index in [2.05, 4.69) is 16.0 Å². The number of nitrogens with one attached hydrogen (secondary N) is 1. The van der Waals surface area contributed by atoms with Gasteiger partial charge in [0.15, 0.2) is 0 Å². The van der Waals surface area contributed by atoms with Gasteiger partial charge in [0.2, 0.25) is 0 Å². The first-order chi connectivity index (χ1) is 7.86. The average Bonchev–Trinajstić information content (AvgIpc) is 2.85. The van der Waals surface area contributed by atoms with Gasteiger partial charge in [0, 0.05) is 37.1 Å². The first kappa shape index (κ1) is 8.65. The highest BCUT2D eigenvalue weighted by Crippen LogP contribution is 2.39. The van der Waals surface area contributed by atoms with E-state index in [-0.39, 0.29) is 0 Å². The molecule has 82 valence electrons. The van der Waals surface area contributed by atoms with E-state index in [9.17, 15) is 5.11 Å². The maximum absolute atomic E-state index is 10.1. The van der Waals surface area contributed by atoms with Crippen molar-refractivity contribution in [1.82, 2.24) is 9.88 Å². The lowest BCUT2D eigenvalue weighted by molar-refractivity contribution is 0.480. The predicted octanol–water partition coefficient (Wildman–Crippen LogP) is 1.55. The van der Waals surface area contributed by atoms with Crippen molar-refractivity contribution in [2.75, 3.05) is 6.54 Å². The normalized spacial score (nSPS) is 18.0. The topological polar surface area (TPSA) is 37.2 Å². The van der Waals surface area contributed by atoms with Gasteiger partial charge in [-0.15, -0.1) is 0 Å². The summed E-state index contributed by atoms with van der Waals surface area (Å²) in [6.07, 6.45) is 2.20. The zero-order valence-electron chi connectivity index (χ0n) is 9.08. The van der Waals surface area contributed by atoms with Crippen molar-refractivity contribution in [3.05, 3.63) is 29.0 Å². The monoisotopic (exact) mass is 214 g/mol. The van der Waals surface area contributed by atoms with Gasteiger partial charge in [0.05, 0.1) is 5.52 Å². The van der Waals surface area contributed by atoms with E-state index in [4.69, 9.17) is 0 Å². The molecule has 0 unspecified atom stereocenters. The number of aryl methyl sites for hydroxylation is 2. The molecular weight excluding hydrogens is 200 g/mol. The van der Waals surface area contributed by atoms with Crippen LogP contribution in [0.15, 0.2) is 12.1 Å². The van der Waals surface area contributed by atoms with Gasteiger partial charge < -0.3 is 15.0 Å². The molecule has 0 bridgehead atoms. The van der Waals surface area contributed by atoms with Gasteiger partial charge in [0.1, 0.15) is 5.75 Å². The van der Waals surface area contributed by atoms with E-state index in [1.165, 1.54) is 22.3 Å². The highest BCUT2D eigenvalue weighted by molar-refractivity contribution is 5.94. The quantitative estimate of drug-likeness (QED) is 0.698. The molecule has 0 saturated heterocycles. The Labute approximate surface area is 93.7 Å². The molecule has 0 saturated carbocycles. The fourth-order valence-corrected chi connectivity index (χ4v) is 3.25. The summed E-state index contributed by atoms with van der Waals surface area (Å²) >= 11 is 0. The fraction of sp³-hybridized carbons (Fsp3) is 0.385. The molecule has 0 atom stereocenters. The third-order valence-corrected chi connectivity index (χ3v) is 3.93. The molecule has 3 heteroatoms. The van der Waals surface area contributed by atoms with Crippen LogP contribution in [-0.4, -0.2) is 16.2 Å². The molecule has 0 radical (unpaired) electrons. The van der Waals surface area contributed by atoms with Crippen molar-refractivity contribution in [3.8, 4) is 5.75 Å². The molecule has 4 rings (SSSR count). The molecule has 2 N–H and O–H groups in total. The van der Waals surface area contributed by atoms with Crippen molar-refractivity contribution in [2.24, 2.45) is 0 Å². The molecule has 1 aromatic heterocycles. The summed E-state index contributed by atoms with van der Waals surface area (Å²) < 4.78 is 2.42. The standard InChI is InChI=1S/C13H14N2O/c16-11-2-1-8-4-6-15-10-3-5-14-7-9(10)12(11)13(8)15/h1-2,14,16H,3-7H2. The lowest BCUT2D eigenvalue weighted by Crippen LogP contribution is -2.24. The minimum Gasteiger partial charge on any atom is -0.507 e. The molecule has 2 aliphatic rings. The second-order valence-electron chi connectivity index (χ2n) is 4.72. The number of fused-ring (bicyclic) bond motifs is 3. The molecule has 0 aliphatic carbocycles.